The highest BCUT2D eigenvalue weighted by atomic mass is 16.5. The lowest BCUT2D eigenvalue weighted by atomic mass is 10.0. The van der Waals surface area contributed by atoms with Gasteiger partial charge >= 0.3 is 5.63 Å². The van der Waals surface area contributed by atoms with E-state index in [0.717, 1.165) is 25.8 Å². The van der Waals surface area contributed by atoms with Crippen LogP contribution in [0.25, 0.3) is 11.0 Å². The van der Waals surface area contributed by atoms with Gasteiger partial charge in [-0.2, -0.15) is 0 Å². The molecular weight excluding hydrogens is 282 g/mol. The van der Waals surface area contributed by atoms with Gasteiger partial charge in [-0.25, -0.2) is 4.79 Å². The van der Waals surface area contributed by atoms with Crippen LogP contribution in [0.3, 0.4) is 0 Å². The van der Waals surface area contributed by atoms with Crippen molar-refractivity contribution >= 4 is 16.9 Å². The quantitative estimate of drug-likeness (QED) is 0.800. The summed E-state index contributed by atoms with van der Waals surface area (Å²) in [5.41, 5.74) is 0.260. The standard InChI is InChI=1S/C17H19NO4/c1-11-5-3-4-8-18(11)17(20)14-10-16(19)22-15-9-12(21-2)6-7-13(14)15/h6-7,9-11H,3-5,8H2,1-2H3. The number of likely N-dealkylation sites (tertiary alicyclic amines) is 1. The van der Waals surface area contributed by atoms with E-state index in [1.165, 1.54) is 6.07 Å². The highest BCUT2D eigenvalue weighted by Gasteiger charge is 2.26. The number of hydrogen-bond donors (Lipinski definition) is 0. The smallest absolute Gasteiger partial charge is 0.337 e. The number of benzene rings is 1. The van der Waals surface area contributed by atoms with Crippen LogP contribution in [0.4, 0.5) is 0 Å². The molecule has 1 aliphatic heterocycles. The zero-order valence-electron chi connectivity index (χ0n) is 12.8. The number of amides is 1. The van der Waals surface area contributed by atoms with Crippen molar-refractivity contribution in [3.63, 3.8) is 0 Å². The minimum atomic E-state index is -0.520. The maximum atomic E-state index is 12.8. The van der Waals surface area contributed by atoms with Crippen LogP contribution in [-0.4, -0.2) is 30.5 Å². The molecule has 0 saturated carbocycles. The van der Waals surface area contributed by atoms with Gasteiger partial charge < -0.3 is 14.1 Å². The molecule has 0 spiro atoms. The number of methoxy groups -OCH3 is 1. The number of nitrogens with zero attached hydrogens (tertiary/aromatic N) is 1. The molecule has 2 heterocycles. The highest BCUT2D eigenvalue weighted by molar-refractivity contribution is 6.05. The van der Waals surface area contributed by atoms with Gasteiger partial charge in [0.05, 0.1) is 12.7 Å². The van der Waals surface area contributed by atoms with E-state index in [2.05, 4.69) is 0 Å². The molecule has 1 amide bonds. The Morgan fingerprint density at radius 1 is 1.32 bits per heavy atom. The summed E-state index contributed by atoms with van der Waals surface area (Å²) in [5, 5.41) is 0.642. The van der Waals surface area contributed by atoms with Crippen LogP contribution in [0, 0.1) is 0 Å². The van der Waals surface area contributed by atoms with Gasteiger partial charge in [-0.3, -0.25) is 4.79 Å². The Bertz CT molecular complexity index is 765. The van der Waals surface area contributed by atoms with Crippen LogP contribution in [0.1, 0.15) is 36.5 Å². The number of ether oxygens (including phenoxy) is 1. The Kier molecular flexibility index (Phi) is 3.88. The average molecular weight is 301 g/mol. The van der Waals surface area contributed by atoms with Gasteiger partial charge in [0.25, 0.3) is 5.91 Å². The van der Waals surface area contributed by atoms with Crippen molar-refractivity contribution in [2.24, 2.45) is 0 Å². The van der Waals surface area contributed by atoms with Gasteiger partial charge in [-0.1, -0.05) is 0 Å². The third-order valence-corrected chi connectivity index (χ3v) is 4.25. The molecule has 116 valence electrons. The molecule has 1 unspecified atom stereocenters. The summed E-state index contributed by atoms with van der Waals surface area (Å²) in [6.07, 6.45) is 3.14. The van der Waals surface area contributed by atoms with Crippen LogP contribution in [-0.2, 0) is 0 Å². The first-order valence-electron chi connectivity index (χ1n) is 7.53. The van der Waals surface area contributed by atoms with Crippen molar-refractivity contribution < 1.29 is 13.9 Å². The lowest BCUT2D eigenvalue weighted by Gasteiger charge is -2.33. The van der Waals surface area contributed by atoms with Gasteiger partial charge in [-0.15, -0.1) is 0 Å². The Morgan fingerprint density at radius 2 is 2.14 bits per heavy atom. The SMILES string of the molecule is COc1ccc2c(C(=O)N3CCCCC3C)cc(=O)oc2c1. The summed E-state index contributed by atoms with van der Waals surface area (Å²) < 4.78 is 10.3. The fourth-order valence-corrected chi connectivity index (χ4v) is 3.00. The summed E-state index contributed by atoms with van der Waals surface area (Å²) in [5.74, 6) is 0.488. The molecule has 1 saturated heterocycles. The summed E-state index contributed by atoms with van der Waals surface area (Å²) in [6.45, 7) is 2.78. The lowest BCUT2D eigenvalue weighted by molar-refractivity contribution is 0.0637. The predicted molar refractivity (Wildman–Crippen MR) is 83.4 cm³/mol. The molecule has 0 aliphatic carbocycles. The molecule has 0 bridgehead atoms. The molecule has 1 atom stereocenters. The van der Waals surface area contributed by atoms with Crippen molar-refractivity contribution in [2.45, 2.75) is 32.2 Å². The first kappa shape index (κ1) is 14.6. The number of carbonyl (C=O) groups excluding carboxylic acids is 1. The number of fused-ring (bicyclic) bond motifs is 1. The maximum Gasteiger partial charge on any atom is 0.337 e. The highest BCUT2D eigenvalue weighted by Crippen LogP contribution is 2.25. The molecule has 1 aromatic heterocycles. The molecule has 1 aromatic carbocycles. The van der Waals surface area contributed by atoms with Crippen molar-refractivity contribution in [3.8, 4) is 5.75 Å². The molecule has 22 heavy (non-hydrogen) atoms. The third kappa shape index (κ3) is 2.58. The largest absolute Gasteiger partial charge is 0.497 e. The molecule has 5 heteroatoms. The van der Waals surface area contributed by atoms with Crippen LogP contribution in [0.15, 0.2) is 33.5 Å². The van der Waals surface area contributed by atoms with E-state index in [0.29, 0.717) is 22.3 Å². The first-order chi connectivity index (χ1) is 10.6. The summed E-state index contributed by atoms with van der Waals surface area (Å²) in [4.78, 5) is 26.5. The molecule has 2 aromatic rings. The first-order valence-corrected chi connectivity index (χ1v) is 7.53. The topological polar surface area (TPSA) is 59.8 Å². The van der Waals surface area contributed by atoms with Gasteiger partial charge in [0.15, 0.2) is 0 Å². The van der Waals surface area contributed by atoms with Crippen LogP contribution >= 0.6 is 0 Å². The van der Waals surface area contributed by atoms with Gasteiger partial charge in [0.1, 0.15) is 11.3 Å². The fourth-order valence-electron chi connectivity index (χ4n) is 3.00. The van der Waals surface area contributed by atoms with Crippen molar-refractivity contribution in [2.75, 3.05) is 13.7 Å². The van der Waals surface area contributed by atoms with E-state index in [9.17, 15) is 9.59 Å². The Balaban J connectivity index is 2.09. The molecule has 0 N–H and O–H groups in total. The summed E-state index contributed by atoms with van der Waals surface area (Å²) >= 11 is 0. The van der Waals surface area contributed by atoms with E-state index in [1.807, 2.05) is 11.8 Å². The van der Waals surface area contributed by atoms with E-state index >= 15 is 0 Å². The lowest BCUT2D eigenvalue weighted by Crippen LogP contribution is -2.42. The monoisotopic (exact) mass is 301 g/mol. The number of piperidine rings is 1. The summed E-state index contributed by atoms with van der Waals surface area (Å²) in [7, 11) is 1.55. The van der Waals surface area contributed by atoms with Gasteiger partial charge in [0, 0.05) is 30.1 Å². The maximum absolute atomic E-state index is 12.8. The minimum Gasteiger partial charge on any atom is -0.497 e. The molecule has 1 aliphatic rings. The van der Waals surface area contributed by atoms with Crippen molar-refractivity contribution in [3.05, 3.63) is 40.2 Å². The van der Waals surface area contributed by atoms with Gasteiger partial charge in [0.2, 0.25) is 0 Å². The molecule has 5 nitrogen and oxygen atoms in total. The zero-order chi connectivity index (χ0) is 15.7. The molecule has 0 radical (unpaired) electrons. The van der Waals surface area contributed by atoms with E-state index in [1.54, 1.807) is 25.3 Å². The van der Waals surface area contributed by atoms with Crippen molar-refractivity contribution in [1.82, 2.24) is 4.90 Å². The molecule has 1 fully saturated rings. The van der Waals surface area contributed by atoms with Gasteiger partial charge in [-0.05, 0) is 38.3 Å². The van der Waals surface area contributed by atoms with Crippen LogP contribution < -0.4 is 10.4 Å². The summed E-state index contributed by atoms with van der Waals surface area (Å²) in [6, 6.07) is 6.64. The number of carbonyl (C=O) groups is 1. The molecule has 3 rings (SSSR count). The zero-order valence-corrected chi connectivity index (χ0v) is 12.8. The van der Waals surface area contributed by atoms with E-state index in [4.69, 9.17) is 9.15 Å². The van der Waals surface area contributed by atoms with Crippen molar-refractivity contribution in [1.29, 1.82) is 0 Å². The minimum absolute atomic E-state index is 0.102. The number of hydrogen-bond acceptors (Lipinski definition) is 4. The van der Waals surface area contributed by atoms with Crippen LogP contribution in [0.5, 0.6) is 5.75 Å². The fraction of sp³-hybridized carbons (Fsp3) is 0.412. The normalized spacial score (nSPS) is 18.5. The Hall–Kier alpha value is -2.30. The third-order valence-electron chi connectivity index (χ3n) is 4.25. The van der Waals surface area contributed by atoms with E-state index in [-0.39, 0.29) is 11.9 Å². The second-order valence-corrected chi connectivity index (χ2v) is 5.68. The van der Waals surface area contributed by atoms with Crippen LogP contribution in [0.2, 0.25) is 0 Å². The predicted octanol–water partition coefficient (Wildman–Crippen LogP) is 2.82. The number of rotatable bonds is 2. The van der Waals surface area contributed by atoms with E-state index < -0.39 is 5.63 Å². The second kappa shape index (κ2) is 5.83. The Morgan fingerprint density at radius 3 is 2.86 bits per heavy atom. The molecular formula is C17H19NO4. The second-order valence-electron chi connectivity index (χ2n) is 5.68. The Labute approximate surface area is 128 Å². The average Bonchev–Trinajstić information content (AvgIpc) is 2.53.